The summed E-state index contributed by atoms with van der Waals surface area (Å²) >= 11 is 0. The lowest BCUT2D eigenvalue weighted by molar-refractivity contribution is -0.123. The van der Waals surface area contributed by atoms with Gasteiger partial charge in [-0.05, 0) is 46.2 Å². The fraction of sp³-hybridized carbons (Fsp3) is 0.111. The Balaban J connectivity index is 1.45. The van der Waals surface area contributed by atoms with Crippen molar-refractivity contribution in [2.24, 2.45) is 0 Å². The van der Waals surface area contributed by atoms with Crippen molar-refractivity contribution in [2.45, 2.75) is 13.1 Å². The van der Waals surface area contributed by atoms with Gasteiger partial charge in [-0.25, -0.2) is 4.39 Å². The molecule has 0 saturated carbocycles. The molecule has 2 N–H and O–H groups in total. The summed E-state index contributed by atoms with van der Waals surface area (Å²) in [6, 6.07) is 26.7. The molecule has 0 spiro atoms. The second kappa shape index (κ2) is 10.4. The normalized spacial score (nSPS) is 10.6. The van der Waals surface area contributed by atoms with Gasteiger partial charge in [0.2, 0.25) is 0 Å². The Hall–Kier alpha value is -4.19. The Labute approximate surface area is 191 Å². The Bertz CT molecular complexity index is 1260. The van der Waals surface area contributed by atoms with Crippen molar-refractivity contribution in [3.8, 4) is 5.75 Å². The highest BCUT2D eigenvalue weighted by molar-refractivity contribution is 6.01. The molecule has 5 nitrogen and oxygen atoms in total. The van der Waals surface area contributed by atoms with Crippen LogP contribution in [-0.2, 0) is 17.9 Å². The first kappa shape index (κ1) is 22.0. The number of ether oxygens (including phenoxy) is 1. The number of rotatable bonds is 8. The van der Waals surface area contributed by atoms with E-state index in [2.05, 4.69) is 10.6 Å². The quantitative estimate of drug-likeness (QED) is 0.419. The number of carbonyl (C=O) groups is 2. The lowest BCUT2D eigenvalue weighted by Gasteiger charge is -2.14. The lowest BCUT2D eigenvalue weighted by atomic mass is 10.1. The largest absolute Gasteiger partial charge is 0.483 e. The van der Waals surface area contributed by atoms with E-state index in [9.17, 15) is 14.0 Å². The van der Waals surface area contributed by atoms with Gasteiger partial charge in [0.25, 0.3) is 11.8 Å². The van der Waals surface area contributed by atoms with Crippen molar-refractivity contribution in [3.05, 3.63) is 114 Å². The van der Waals surface area contributed by atoms with Crippen LogP contribution in [-0.4, -0.2) is 18.4 Å². The zero-order chi connectivity index (χ0) is 23.0. The molecule has 0 heterocycles. The topological polar surface area (TPSA) is 67.4 Å². The molecule has 0 aliphatic heterocycles. The molecule has 0 unspecified atom stereocenters. The summed E-state index contributed by atoms with van der Waals surface area (Å²) in [5, 5.41) is 7.44. The highest BCUT2D eigenvalue weighted by atomic mass is 19.1. The summed E-state index contributed by atoms with van der Waals surface area (Å²) < 4.78 is 18.8. The number of hydrogen-bond donors (Lipinski definition) is 2. The van der Waals surface area contributed by atoms with Gasteiger partial charge in [0.1, 0.15) is 11.6 Å². The number of benzene rings is 4. The third-order valence-electron chi connectivity index (χ3n) is 5.15. The first-order valence-corrected chi connectivity index (χ1v) is 10.6. The van der Waals surface area contributed by atoms with E-state index in [1.54, 1.807) is 24.3 Å². The van der Waals surface area contributed by atoms with Gasteiger partial charge in [-0.1, -0.05) is 66.7 Å². The van der Waals surface area contributed by atoms with Crippen molar-refractivity contribution in [3.63, 3.8) is 0 Å². The van der Waals surface area contributed by atoms with E-state index in [0.29, 0.717) is 17.9 Å². The fourth-order valence-electron chi connectivity index (χ4n) is 3.39. The molecule has 4 aromatic carbocycles. The maximum Gasteiger partial charge on any atom is 0.258 e. The minimum atomic E-state index is -0.344. The zero-order valence-corrected chi connectivity index (χ0v) is 17.9. The summed E-state index contributed by atoms with van der Waals surface area (Å²) in [6.45, 7) is 0.382. The average Bonchev–Trinajstić information content (AvgIpc) is 2.85. The summed E-state index contributed by atoms with van der Waals surface area (Å²) in [7, 11) is 0. The first-order chi connectivity index (χ1) is 16.1. The monoisotopic (exact) mass is 442 g/mol. The van der Waals surface area contributed by atoms with Crippen LogP contribution >= 0.6 is 0 Å². The van der Waals surface area contributed by atoms with Crippen LogP contribution < -0.4 is 15.4 Å². The molecule has 0 aliphatic rings. The Morgan fingerprint density at radius 2 is 1.33 bits per heavy atom. The van der Waals surface area contributed by atoms with Gasteiger partial charge in [0, 0.05) is 13.1 Å². The van der Waals surface area contributed by atoms with Gasteiger partial charge < -0.3 is 15.4 Å². The SMILES string of the molecule is O=C(COc1cc2ccccc2cc1C(=O)NCc1ccccc1)NCc1ccc(F)cc1. The number of hydrogen-bond acceptors (Lipinski definition) is 3. The molecule has 6 heteroatoms. The number of halogens is 1. The van der Waals surface area contributed by atoms with E-state index in [1.165, 1.54) is 12.1 Å². The van der Waals surface area contributed by atoms with Crippen molar-refractivity contribution in [1.82, 2.24) is 10.6 Å². The molecule has 4 rings (SSSR count). The van der Waals surface area contributed by atoms with Crippen molar-refractivity contribution in [2.75, 3.05) is 6.61 Å². The molecule has 166 valence electrons. The smallest absolute Gasteiger partial charge is 0.258 e. The molecule has 33 heavy (non-hydrogen) atoms. The molecule has 4 aromatic rings. The van der Waals surface area contributed by atoms with Gasteiger partial charge in [0.15, 0.2) is 6.61 Å². The van der Waals surface area contributed by atoms with Crippen molar-refractivity contribution < 1.29 is 18.7 Å². The van der Waals surface area contributed by atoms with Crippen LogP contribution in [0.25, 0.3) is 10.8 Å². The van der Waals surface area contributed by atoms with Crippen LogP contribution in [0.1, 0.15) is 21.5 Å². The van der Waals surface area contributed by atoms with Crippen LogP contribution in [0.4, 0.5) is 4.39 Å². The van der Waals surface area contributed by atoms with Gasteiger partial charge in [0.05, 0.1) is 5.56 Å². The minimum absolute atomic E-state index is 0.251. The van der Waals surface area contributed by atoms with Gasteiger partial charge in [-0.15, -0.1) is 0 Å². The molecular weight excluding hydrogens is 419 g/mol. The highest BCUT2D eigenvalue weighted by Crippen LogP contribution is 2.26. The summed E-state index contributed by atoms with van der Waals surface area (Å²) in [6.07, 6.45) is 0. The number of nitrogens with one attached hydrogen (secondary N) is 2. The molecule has 0 bridgehead atoms. The molecule has 0 fully saturated rings. The summed E-state index contributed by atoms with van der Waals surface area (Å²) in [5.41, 5.74) is 2.11. The molecule has 0 atom stereocenters. The molecule has 0 aliphatic carbocycles. The number of carbonyl (C=O) groups excluding carboxylic acids is 2. The van der Waals surface area contributed by atoms with E-state index in [1.807, 2.05) is 54.6 Å². The second-order valence-electron chi connectivity index (χ2n) is 7.56. The van der Waals surface area contributed by atoms with Crippen LogP contribution in [0.3, 0.4) is 0 Å². The molecular formula is C27H23FN2O3. The van der Waals surface area contributed by atoms with Crippen LogP contribution in [0.15, 0.2) is 91.0 Å². The third-order valence-corrected chi connectivity index (χ3v) is 5.15. The fourth-order valence-corrected chi connectivity index (χ4v) is 3.39. The predicted molar refractivity (Wildman–Crippen MR) is 125 cm³/mol. The van der Waals surface area contributed by atoms with Crippen molar-refractivity contribution in [1.29, 1.82) is 0 Å². The lowest BCUT2D eigenvalue weighted by Crippen LogP contribution is -2.29. The van der Waals surface area contributed by atoms with E-state index in [4.69, 9.17) is 4.74 Å². The Kier molecular flexibility index (Phi) is 6.95. The maximum atomic E-state index is 13.0. The molecule has 0 radical (unpaired) electrons. The molecule has 0 saturated heterocycles. The molecule has 2 amide bonds. The van der Waals surface area contributed by atoms with Crippen LogP contribution in [0, 0.1) is 5.82 Å². The van der Waals surface area contributed by atoms with Gasteiger partial charge in [-0.2, -0.15) is 0 Å². The minimum Gasteiger partial charge on any atom is -0.483 e. The van der Waals surface area contributed by atoms with E-state index in [-0.39, 0.29) is 30.8 Å². The first-order valence-electron chi connectivity index (χ1n) is 10.6. The molecule has 0 aromatic heterocycles. The van der Waals surface area contributed by atoms with E-state index >= 15 is 0 Å². The number of fused-ring (bicyclic) bond motifs is 1. The maximum absolute atomic E-state index is 13.0. The van der Waals surface area contributed by atoms with E-state index in [0.717, 1.165) is 21.9 Å². The summed E-state index contributed by atoms with van der Waals surface area (Å²) in [4.78, 5) is 25.2. The summed E-state index contributed by atoms with van der Waals surface area (Å²) in [5.74, 6) is -0.631. The second-order valence-corrected chi connectivity index (χ2v) is 7.56. The van der Waals surface area contributed by atoms with Crippen molar-refractivity contribution >= 4 is 22.6 Å². The third kappa shape index (κ3) is 5.95. The van der Waals surface area contributed by atoms with Crippen LogP contribution in [0.2, 0.25) is 0 Å². The highest BCUT2D eigenvalue weighted by Gasteiger charge is 2.15. The standard InChI is InChI=1S/C27H23FN2O3/c28-23-12-10-20(11-13-23)16-29-26(31)18-33-25-15-22-9-5-4-8-21(22)14-24(25)27(32)30-17-19-6-2-1-3-7-19/h1-15H,16-18H2,(H,29,31)(H,30,32). The van der Waals surface area contributed by atoms with E-state index < -0.39 is 0 Å². The Morgan fingerprint density at radius 1 is 0.727 bits per heavy atom. The van der Waals surface area contributed by atoms with Gasteiger partial charge >= 0.3 is 0 Å². The zero-order valence-electron chi connectivity index (χ0n) is 17.9. The number of amides is 2. The predicted octanol–water partition coefficient (Wildman–Crippen LogP) is 4.60. The van der Waals surface area contributed by atoms with Gasteiger partial charge in [-0.3, -0.25) is 9.59 Å². The average molecular weight is 442 g/mol. The Morgan fingerprint density at radius 3 is 2.06 bits per heavy atom. The van der Waals surface area contributed by atoms with Crippen LogP contribution in [0.5, 0.6) is 5.75 Å².